The molecule has 0 radical (unpaired) electrons. The van der Waals surface area contributed by atoms with E-state index in [0.29, 0.717) is 6.54 Å². The number of phenolic OH excluding ortho intramolecular Hbond substituents is 1. The topological polar surface area (TPSA) is 75.6 Å². The number of benzene rings is 3. The monoisotopic (exact) mass is 363 g/mol. The highest BCUT2D eigenvalue weighted by Gasteiger charge is 2.16. The molecule has 3 aromatic rings. The molecule has 0 bridgehead atoms. The van der Waals surface area contributed by atoms with Gasteiger partial charge in [0.2, 0.25) is 0 Å². The molecule has 0 heterocycles. The second-order valence-corrected chi connectivity index (χ2v) is 6.41. The standard InChI is InChI=1S/C22H21NO4/c1-15(16-7-3-2-4-8-16)13-23-21(25)14-27-22(26)19-11-17-9-5-6-10-18(17)12-20(19)24/h2-12,15,24H,13-14H2,1H3,(H,23,25)/t15-/m1/s1. The van der Waals surface area contributed by atoms with Crippen LogP contribution in [0.15, 0.2) is 66.7 Å². The molecule has 0 spiro atoms. The molecule has 1 amide bonds. The van der Waals surface area contributed by atoms with Crippen molar-refractivity contribution in [1.29, 1.82) is 0 Å². The maximum Gasteiger partial charge on any atom is 0.342 e. The molecule has 138 valence electrons. The van der Waals surface area contributed by atoms with Gasteiger partial charge < -0.3 is 15.2 Å². The van der Waals surface area contributed by atoms with Crippen LogP contribution in [-0.4, -0.2) is 30.1 Å². The third kappa shape index (κ3) is 4.64. The number of ether oxygens (including phenoxy) is 1. The molecule has 0 aliphatic heterocycles. The third-order valence-electron chi connectivity index (χ3n) is 4.39. The fourth-order valence-corrected chi connectivity index (χ4v) is 2.82. The Balaban J connectivity index is 1.54. The Morgan fingerprint density at radius 2 is 1.63 bits per heavy atom. The van der Waals surface area contributed by atoms with Crippen LogP contribution in [0.1, 0.15) is 28.8 Å². The summed E-state index contributed by atoms with van der Waals surface area (Å²) < 4.78 is 5.05. The lowest BCUT2D eigenvalue weighted by atomic mass is 10.0. The van der Waals surface area contributed by atoms with Gasteiger partial charge in [-0.25, -0.2) is 4.79 Å². The SMILES string of the molecule is C[C@H](CNC(=O)COC(=O)c1cc2ccccc2cc1O)c1ccccc1. The first-order valence-corrected chi connectivity index (χ1v) is 8.75. The van der Waals surface area contributed by atoms with E-state index in [1.807, 2.05) is 61.5 Å². The Morgan fingerprint density at radius 3 is 2.33 bits per heavy atom. The number of hydrogen-bond donors (Lipinski definition) is 2. The van der Waals surface area contributed by atoms with Crippen LogP contribution < -0.4 is 5.32 Å². The molecule has 0 unspecified atom stereocenters. The summed E-state index contributed by atoms with van der Waals surface area (Å²) in [5.41, 5.74) is 1.16. The molecule has 0 aromatic heterocycles. The number of fused-ring (bicyclic) bond motifs is 1. The Labute approximate surface area is 157 Å². The molecule has 27 heavy (non-hydrogen) atoms. The second-order valence-electron chi connectivity index (χ2n) is 6.41. The number of aromatic hydroxyl groups is 1. The minimum atomic E-state index is -0.732. The van der Waals surface area contributed by atoms with Crippen LogP contribution in [0.3, 0.4) is 0 Å². The van der Waals surface area contributed by atoms with Crippen molar-refractivity contribution in [2.24, 2.45) is 0 Å². The zero-order chi connectivity index (χ0) is 19.2. The molecular formula is C22H21NO4. The molecule has 5 heteroatoms. The van der Waals surface area contributed by atoms with Gasteiger partial charge in [0.05, 0.1) is 0 Å². The summed E-state index contributed by atoms with van der Waals surface area (Å²) in [5.74, 6) is -1.14. The summed E-state index contributed by atoms with van der Waals surface area (Å²) >= 11 is 0. The number of carbonyl (C=O) groups excluding carboxylic acids is 2. The van der Waals surface area contributed by atoms with E-state index in [2.05, 4.69) is 5.32 Å². The third-order valence-corrected chi connectivity index (χ3v) is 4.39. The lowest BCUT2D eigenvalue weighted by Crippen LogP contribution is -2.31. The number of hydrogen-bond acceptors (Lipinski definition) is 4. The van der Waals surface area contributed by atoms with E-state index in [1.165, 1.54) is 6.07 Å². The Kier molecular flexibility index (Phi) is 5.71. The van der Waals surface area contributed by atoms with Crippen molar-refractivity contribution < 1.29 is 19.4 Å². The van der Waals surface area contributed by atoms with E-state index >= 15 is 0 Å². The van der Waals surface area contributed by atoms with Gasteiger partial charge in [-0.1, -0.05) is 61.5 Å². The van der Waals surface area contributed by atoms with Crippen molar-refractivity contribution in [2.75, 3.05) is 13.2 Å². The second kappa shape index (κ2) is 8.36. The summed E-state index contributed by atoms with van der Waals surface area (Å²) in [6.07, 6.45) is 0. The van der Waals surface area contributed by atoms with Crippen LogP contribution in [0.25, 0.3) is 10.8 Å². The van der Waals surface area contributed by atoms with Gasteiger partial charge in [-0.3, -0.25) is 4.79 Å². The van der Waals surface area contributed by atoms with Crippen LogP contribution in [-0.2, 0) is 9.53 Å². The molecule has 5 nitrogen and oxygen atoms in total. The van der Waals surface area contributed by atoms with E-state index in [9.17, 15) is 14.7 Å². The van der Waals surface area contributed by atoms with Crippen molar-refractivity contribution in [3.63, 3.8) is 0 Å². The lowest BCUT2D eigenvalue weighted by molar-refractivity contribution is -0.124. The van der Waals surface area contributed by atoms with Crippen LogP contribution in [0.2, 0.25) is 0 Å². The van der Waals surface area contributed by atoms with Gasteiger partial charge >= 0.3 is 5.97 Å². The fraction of sp³-hybridized carbons (Fsp3) is 0.182. The van der Waals surface area contributed by atoms with Crippen molar-refractivity contribution in [2.45, 2.75) is 12.8 Å². The maximum absolute atomic E-state index is 12.2. The molecule has 0 aliphatic rings. The first kappa shape index (κ1) is 18.5. The largest absolute Gasteiger partial charge is 0.507 e. The van der Waals surface area contributed by atoms with E-state index in [1.54, 1.807) is 6.07 Å². The number of carbonyl (C=O) groups is 2. The summed E-state index contributed by atoms with van der Waals surface area (Å²) in [6.45, 7) is 2.06. The van der Waals surface area contributed by atoms with Crippen molar-refractivity contribution in [3.8, 4) is 5.75 Å². The maximum atomic E-state index is 12.2. The number of rotatable bonds is 6. The predicted molar refractivity (Wildman–Crippen MR) is 104 cm³/mol. The number of nitrogens with one attached hydrogen (secondary N) is 1. The first-order valence-electron chi connectivity index (χ1n) is 8.75. The Morgan fingerprint density at radius 1 is 1.00 bits per heavy atom. The highest BCUT2D eigenvalue weighted by atomic mass is 16.5. The average Bonchev–Trinajstić information content (AvgIpc) is 2.70. The van der Waals surface area contributed by atoms with Gasteiger partial charge in [-0.05, 0) is 34.4 Å². The molecule has 3 aromatic carbocycles. The van der Waals surface area contributed by atoms with Gasteiger partial charge in [0.15, 0.2) is 6.61 Å². The van der Waals surface area contributed by atoms with Gasteiger partial charge in [0, 0.05) is 6.54 Å². The van der Waals surface area contributed by atoms with Gasteiger partial charge in [0.25, 0.3) is 5.91 Å². The normalized spacial score (nSPS) is 11.7. The highest BCUT2D eigenvalue weighted by molar-refractivity contribution is 5.99. The van der Waals surface area contributed by atoms with Crippen molar-refractivity contribution >= 4 is 22.6 Å². The molecule has 3 rings (SSSR count). The number of phenols is 1. The Hall–Kier alpha value is -3.34. The highest BCUT2D eigenvalue weighted by Crippen LogP contribution is 2.25. The molecule has 1 atom stereocenters. The summed E-state index contributed by atoms with van der Waals surface area (Å²) in [5, 5.41) is 14.4. The molecule has 0 saturated heterocycles. The van der Waals surface area contributed by atoms with E-state index in [4.69, 9.17) is 4.74 Å². The minimum Gasteiger partial charge on any atom is -0.507 e. The summed E-state index contributed by atoms with van der Waals surface area (Å²) in [7, 11) is 0. The molecule has 0 saturated carbocycles. The van der Waals surface area contributed by atoms with Gasteiger partial charge in [0.1, 0.15) is 11.3 Å². The molecular weight excluding hydrogens is 342 g/mol. The summed E-state index contributed by atoms with van der Waals surface area (Å²) in [4.78, 5) is 24.2. The van der Waals surface area contributed by atoms with Crippen LogP contribution in [0.4, 0.5) is 0 Å². The molecule has 2 N–H and O–H groups in total. The summed E-state index contributed by atoms with van der Waals surface area (Å²) in [6, 6.07) is 20.3. The van der Waals surface area contributed by atoms with Crippen LogP contribution in [0, 0.1) is 0 Å². The van der Waals surface area contributed by atoms with Gasteiger partial charge in [-0.15, -0.1) is 0 Å². The quantitative estimate of drug-likeness (QED) is 0.656. The van der Waals surface area contributed by atoms with E-state index in [0.717, 1.165) is 16.3 Å². The van der Waals surface area contributed by atoms with Crippen LogP contribution >= 0.6 is 0 Å². The Bertz CT molecular complexity index is 953. The smallest absolute Gasteiger partial charge is 0.342 e. The number of amides is 1. The van der Waals surface area contributed by atoms with Gasteiger partial charge in [-0.2, -0.15) is 0 Å². The fourth-order valence-electron chi connectivity index (χ4n) is 2.82. The molecule has 0 fully saturated rings. The van der Waals surface area contributed by atoms with Crippen LogP contribution in [0.5, 0.6) is 5.75 Å². The minimum absolute atomic E-state index is 0.0409. The first-order chi connectivity index (χ1) is 13.0. The average molecular weight is 363 g/mol. The zero-order valence-electron chi connectivity index (χ0n) is 15.0. The van der Waals surface area contributed by atoms with Crippen molar-refractivity contribution in [1.82, 2.24) is 5.32 Å². The predicted octanol–water partition coefficient (Wildman–Crippen LogP) is 3.62. The lowest BCUT2D eigenvalue weighted by Gasteiger charge is -2.13. The van der Waals surface area contributed by atoms with E-state index < -0.39 is 12.6 Å². The zero-order valence-corrected chi connectivity index (χ0v) is 15.0. The molecule has 0 aliphatic carbocycles. The number of esters is 1. The van der Waals surface area contributed by atoms with Crippen molar-refractivity contribution in [3.05, 3.63) is 77.9 Å². The van der Waals surface area contributed by atoms with E-state index in [-0.39, 0.29) is 23.1 Å².